The van der Waals surface area contributed by atoms with Crippen LogP contribution in [-0.2, 0) is 16.1 Å². The Kier molecular flexibility index (Phi) is 3.23. The minimum atomic E-state index is -0.929. The quantitative estimate of drug-likeness (QED) is 0.905. The highest BCUT2D eigenvalue weighted by molar-refractivity contribution is 5.77. The third-order valence-electron chi connectivity index (χ3n) is 3.52. The van der Waals surface area contributed by atoms with Crippen molar-refractivity contribution in [1.29, 1.82) is 0 Å². The number of para-hydroxylation sites is 1. The van der Waals surface area contributed by atoms with Crippen molar-refractivity contribution < 1.29 is 19.1 Å². The van der Waals surface area contributed by atoms with E-state index >= 15 is 0 Å². The largest absolute Gasteiger partial charge is 0.480 e. The molecule has 106 valence electrons. The Balaban J connectivity index is 1.57. The van der Waals surface area contributed by atoms with Gasteiger partial charge in [0.2, 0.25) is 0 Å². The van der Waals surface area contributed by atoms with Crippen LogP contribution in [0.4, 0.5) is 0 Å². The molecule has 0 atom stereocenters. The standard InChI is InChI=1S/C15H17NO4/c1-15(19-8-14(17)18)9-16(10-15)7-12-6-11-4-2-3-5-13(11)20-12/h2-6H,7-10H2,1H3,(H,17,18). The second-order valence-electron chi connectivity index (χ2n) is 5.53. The number of likely N-dealkylation sites (tertiary alicyclic amines) is 1. The van der Waals surface area contributed by atoms with Gasteiger partial charge < -0.3 is 14.3 Å². The van der Waals surface area contributed by atoms with Gasteiger partial charge in [0.1, 0.15) is 18.0 Å². The Morgan fingerprint density at radius 2 is 2.20 bits per heavy atom. The Bertz CT molecular complexity index is 595. The summed E-state index contributed by atoms with van der Waals surface area (Å²) in [6.45, 7) is 3.86. The van der Waals surface area contributed by atoms with Crippen LogP contribution in [0.15, 0.2) is 34.7 Å². The van der Waals surface area contributed by atoms with Crippen molar-refractivity contribution in [1.82, 2.24) is 4.90 Å². The summed E-state index contributed by atoms with van der Waals surface area (Å²) in [6, 6.07) is 9.97. The lowest BCUT2D eigenvalue weighted by molar-refractivity contribution is -0.166. The number of aliphatic carboxylic acids is 1. The predicted molar refractivity (Wildman–Crippen MR) is 73.5 cm³/mol. The normalized spacial score (nSPS) is 18.1. The molecule has 1 aromatic carbocycles. The molecule has 5 nitrogen and oxygen atoms in total. The fourth-order valence-corrected chi connectivity index (χ4v) is 2.67. The van der Waals surface area contributed by atoms with Crippen LogP contribution in [0.2, 0.25) is 0 Å². The average molecular weight is 275 g/mol. The van der Waals surface area contributed by atoms with Crippen molar-refractivity contribution in [2.45, 2.75) is 19.1 Å². The number of benzene rings is 1. The number of fused-ring (bicyclic) bond motifs is 1. The van der Waals surface area contributed by atoms with Gasteiger partial charge in [-0.05, 0) is 19.1 Å². The Hall–Kier alpha value is -1.85. The van der Waals surface area contributed by atoms with Crippen LogP contribution in [0.3, 0.4) is 0 Å². The summed E-state index contributed by atoms with van der Waals surface area (Å²) in [7, 11) is 0. The molecule has 0 saturated carbocycles. The number of carboxylic acid groups (broad SMARTS) is 1. The predicted octanol–water partition coefficient (Wildman–Crippen LogP) is 2.11. The van der Waals surface area contributed by atoms with Crippen molar-refractivity contribution in [3.63, 3.8) is 0 Å². The summed E-state index contributed by atoms with van der Waals surface area (Å²) < 4.78 is 11.1. The first-order valence-corrected chi connectivity index (χ1v) is 6.60. The molecule has 20 heavy (non-hydrogen) atoms. The summed E-state index contributed by atoms with van der Waals surface area (Å²) in [5, 5.41) is 9.73. The number of ether oxygens (including phenoxy) is 1. The molecule has 1 N–H and O–H groups in total. The van der Waals surface area contributed by atoms with E-state index in [2.05, 4.69) is 4.90 Å². The highest BCUT2D eigenvalue weighted by Gasteiger charge is 2.40. The first-order chi connectivity index (χ1) is 9.54. The van der Waals surface area contributed by atoms with Gasteiger partial charge in [-0.1, -0.05) is 18.2 Å². The van der Waals surface area contributed by atoms with Crippen LogP contribution in [-0.4, -0.2) is 41.3 Å². The van der Waals surface area contributed by atoms with Gasteiger partial charge in [0, 0.05) is 18.5 Å². The van der Waals surface area contributed by atoms with E-state index in [1.165, 1.54) is 0 Å². The summed E-state index contributed by atoms with van der Waals surface area (Å²) in [6.07, 6.45) is 0. The maximum Gasteiger partial charge on any atom is 0.329 e. The van der Waals surface area contributed by atoms with Crippen LogP contribution in [0.5, 0.6) is 0 Å². The molecule has 3 rings (SSSR count). The van der Waals surface area contributed by atoms with Gasteiger partial charge in [-0.3, -0.25) is 4.90 Å². The molecule has 1 fully saturated rings. The maximum absolute atomic E-state index is 10.5. The van der Waals surface area contributed by atoms with E-state index in [-0.39, 0.29) is 12.2 Å². The van der Waals surface area contributed by atoms with Crippen LogP contribution in [0.1, 0.15) is 12.7 Å². The molecule has 0 bridgehead atoms. The molecular formula is C15H17NO4. The van der Waals surface area contributed by atoms with Gasteiger partial charge in [-0.2, -0.15) is 0 Å². The lowest BCUT2D eigenvalue weighted by atomic mass is 9.96. The molecule has 2 heterocycles. The molecule has 1 aromatic heterocycles. The Morgan fingerprint density at radius 3 is 2.90 bits per heavy atom. The molecule has 5 heteroatoms. The average Bonchev–Trinajstić information content (AvgIpc) is 2.76. The monoisotopic (exact) mass is 275 g/mol. The van der Waals surface area contributed by atoms with Crippen molar-refractivity contribution in [3.8, 4) is 0 Å². The van der Waals surface area contributed by atoms with Crippen LogP contribution >= 0.6 is 0 Å². The van der Waals surface area contributed by atoms with E-state index in [1.54, 1.807) is 0 Å². The third kappa shape index (κ3) is 2.69. The number of carboxylic acids is 1. The maximum atomic E-state index is 10.5. The zero-order chi connectivity index (χ0) is 14.2. The van der Waals surface area contributed by atoms with Crippen molar-refractivity contribution in [2.75, 3.05) is 19.7 Å². The molecule has 1 saturated heterocycles. The number of nitrogens with zero attached hydrogens (tertiary/aromatic N) is 1. The molecule has 0 spiro atoms. The van der Waals surface area contributed by atoms with E-state index in [9.17, 15) is 4.79 Å². The second-order valence-corrected chi connectivity index (χ2v) is 5.53. The molecule has 0 unspecified atom stereocenters. The van der Waals surface area contributed by atoms with Gasteiger partial charge in [0.15, 0.2) is 0 Å². The van der Waals surface area contributed by atoms with Gasteiger partial charge in [0.25, 0.3) is 0 Å². The summed E-state index contributed by atoms with van der Waals surface area (Å²) in [5.41, 5.74) is 0.539. The third-order valence-corrected chi connectivity index (χ3v) is 3.52. The molecule has 0 aliphatic carbocycles. The number of rotatable bonds is 5. The lowest BCUT2D eigenvalue weighted by Gasteiger charge is -2.46. The van der Waals surface area contributed by atoms with Gasteiger partial charge in [-0.25, -0.2) is 4.79 Å². The van der Waals surface area contributed by atoms with E-state index in [0.29, 0.717) is 0 Å². The Labute approximate surface area is 116 Å². The van der Waals surface area contributed by atoms with Crippen molar-refractivity contribution in [2.24, 2.45) is 0 Å². The van der Waals surface area contributed by atoms with E-state index < -0.39 is 5.97 Å². The molecule has 2 aromatic rings. The molecule has 1 aliphatic rings. The first kappa shape index (κ1) is 13.1. The van der Waals surface area contributed by atoms with Gasteiger partial charge >= 0.3 is 5.97 Å². The van der Waals surface area contributed by atoms with Crippen molar-refractivity contribution in [3.05, 3.63) is 36.1 Å². The minimum Gasteiger partial charge on any atom is -0.480 e. The van der Waals surface area contributed by atoms with Gasteiger partial charge in [-0.15, -0.1) is 0 Å². The number of furan rings is 1. The van der Waals surface area contributed by atoms with E-state index in [0.717, 1.165) is 36.4 Å². The topological polar surface area (TPSA) is 62.9 Å². The zero-order valence-electron chi connectivity index (χ0n) is 11.3. The zero-order valence-corrected chi connectivity index (χ0v) is 11.3. The molecule has 0 amide bonds. The summed E-state index contributed by atoms with van der Waals surface area (Å²) in [4.78, 5) is 12.7. The van der Waals surface area contributed by atoms with Crippen LogP contribution < -0.4 is 0 Å². The number of carbonyl (C=O) groups is 1. The minimum absolute atomic E-state index is 0.241. The molecule has 0 radical (unpaired) electrons. The van der Waals surface area contributed by atoms with Crippen LogP contribution in [0, 0.1) is 0 Å². The highest BCUT2D eigenvalue weighted by atomic mass is 16.5. The van der Waals surface area contributed by atoms with E-state index in [1.807, 2.05) is 37.3 Å². The highest BCUT2D eigenvalue weighted by Crippen LogP contribution is 2.28. The van der Waals surface area contributed by atoms with Crippen molar-refractivity contribution >= 4 is 16.9 Å². The Morgan fingerprint density at radius 1 is 1.45 bits per heavy atom. The van der Waals surface area contributed by atoms with E-state index in [4.69, 9.17) is 14.3 Å². The fourth-order valence-electron chi connectivity index (χ4n) is 2.67. The molecule has 1 aliphatic heterocycles. The van der Waals surface area contributed by atoms with Gasteiger partial charge in [0.05, 0.1) is 12.1 Å². The SMILES string of the molecule is CC1(OCC(=O)O)CN(Cc2cc3ccccc3o2)C1. The summed E-state index contributed by atoms with van der Waals surface area (Å²) in [5.74, 6) is -0.00607. The molecular weight excluding hydrogens is 258 g/mol. The first-order valence-electron chi connectivity index (χ1n) is 6.60. The fraction of sp³-hybridized carbons (Fsp3) is 0.400. The number of hydrogen-bond acceptors (Lipinski definition) is 4. The number of hydrogen-bond donors (Lipinski definition) is 1. The lowest BCUT2D eigenvalue weighted by Crippen LogP contribution is -2.61. The van der Waals surface area contributed by atoms with Crippen LogP contribution in [0.25, 0.3) is 11.0 Å². The summed E-state index contributed by atoms with van der Waals surface area (Å²) >= 11 is 0. The second kappa shape index (κ2) is 4.92. The smallest absolute Gasteiger partial charge is 0.329 e.